The van der Waals surface area contributed by atoms with Crippen molar-refractivity contribution in [1.82, 2.24) is 14.0 Å². The number of aryl methyl sites for hydroxylation is 1. The molecule has 0 spiro atoms. The normalized spacial score (nSPS) is 19.0. The zero-order chi connectivity index (χ0) is 21.8. The van der Waals surface area contributed by atoms with Crippen molar-refractivity contribution in [1.29, 1.82) is 0 Å². The molecule has 3 heterocycles. The first kappa shape index (κ1) is 21.7. The highest BCUT2D eigenvalue weighted by atomic mass is 32.2. The highest BCUT2D eigenvalue weighted by Crippen LogP contribution is 2.31. The lowest BCUT2D eigenvalue weighted by molar-refractivity contribution is -0.137. The Hall–Kier alpha value is -2.49. The van der Waals surface area contributed by atoms with E-state index in [1.54, 1.807) is 0 Å². The Morgan fingerprint density at radius 3 is 2.90 bits per heavy atom. The average Bonchev–Trinajstić information content (AvgIpc) is 2.93. The lowest BCUT2D eigenvalue weighted by Crippen LogP contribution is -2.41. The van der Waals surface area contributed by atoms with E-state index < -0.39 is 16.2 Å². The molecule has 0 amide bonds. The fourth-order valence-electron chi connectivity index (χ4n) is 4.34. The molecule has 0 fully saturated rings. The van der Waals surface area contributed by atoms with Crippen LogP contribution in [-0.4, -0.2) is 48.4 Å². The van der Waals surface area contributed by atoms with E-state index in [0.29, 0.717) is 12.8 Å². The second-order valence-corrected chi connectivity index (χ2v) is 9.86. The number of anilines is 1. The lowest BCUT2D eigenvalue weighted by Gasteiger charge is -2.21. The van der Waals surface area contributed by atoms with Crippen molar-refractivity contribution in [3.63, 3.8) is 0 Å². The maximum absolute atomic E-state index is 13.0. The van der Waals surface area contributed by atoms with Gasteiger partial charge in [0.15, 0.2) is 0 Å². The molecule has 2 aliphatic rings. The van der Waals surface area contributed by atoms with Crippen LogP contribution in [0.3, 0.4) is 0 Å². The van der Waals surface area contributed by atoms with Gasteiger partial charge in [-0.1, -0.05) is 30.3 Å². The van der Waals surface area contributed by atoms with E-state index in [4.69, 9.17) is 0 Å². The smallest absolute Gasteiger partial charge is 0.303 e. The second kappa shape index (κ2) is 9.33. The summed E-state index contributed by atoms with van der Waals surface area (Å²) in [4.78, 5) is 15.9. The fraction of sp³-hybridized carbons (Fsp3) is 0.455. The van der Waals surface area contributed by atoms with Gasteiger partial charge in [-0.3, -0.25) is 4.79 Å². The third-order valence-corrected chi connectivity index (χ3v) is 7.51. The summed E-state index contributed by atoms with van der Waals surface area (Å²) in [6.45, 7) is 1.69. The van der Waals surface area contributed by atoms with Gasteiger partial charge in [0.05, 0.1) is 6.42 Å². The zero-order valence-electron chi connectivity index (χ0n) is 17.4. The summed E-state index contributed by atoms with van der Waals surface area (Å²) >= 11 is 0. The third kappa shape index (κ3) is 5.23. The van der Waals surface area contributed by atoms with Crippen LogP contribution in [0, 0.1) is 0 Å². The number of aliphatic carboxylic acids is 1. The number of carboxylic acid groups (broad SMARTS) is 1. The Morgan fingerprint density at radius 2 is 2.06 bits per heavy atom. The van der Waals surface area contributed by atoms with Crippen LogP contribution in [0.5, 0.6) is 0 Å². The van der Waals surface area contributed by atoms with Crippen LogP contribution in [0.15, 0.2) is 36.4 Å². The van der Waals surface area contributed by atoms with Crippen molar-refractivity contribution >= 4 is 22.0 Å². The topological polar surface area (TPSA) is 112 Å². The Bertz CT molecular complexity index is 1060. The zero-order valence-corrected chi connectivity index (χ0v) is 18.2. The molecule has 9 heteroatoms. The summed E-state index contributed by atoms with van der Waals surface area (Å²) in [6, 6.07) is 11.5. The Labute approximate surface area is 182 Å². The minimum Gasteiger partial charge on any atom is -0.481 e. The van der Waals surface area contributed by atoms with Crippen LogP contribution in [0.1, 0.15) is 47.6 Å². The molecule has 1 atom stereocenters. The van der Waals surface area contributed by atoms with Gasteiger partial charge in [-0.15, -0.1) is 0 Å². The number of hydrogen-bond donors (Lipinski definition) is 3. The van der Waals surface area contributed by atoms with E-state index in [2.05, 4.69) is 21.1 Å². The molecule has 2 aromatic rings. The van der Waals surface area contributed by atoms with Gasteiger partial charge in [0.25, 0.3) is 10.2 Å². The maximum atomic E-state index is 13.0. The summed E-state index contributed by atoms with van der Waals surface area (Å²) < 4.78 is 30.0. The van der Waals surface area contributed by atoms with Crippen molar-refractivity contribution in [3.05, 3.63) is 58.8 Å². The molecule has 31 heavy (non-hydrogen) atoms. The number of benzene rings is 1. The molecule has 8 nitrogen and oxygen atoms in total. The van der Waals surface area contributed by atoms with Crippen molar-refractivity contribution < 1.29 is 18.3 Å². The van der Waals surface area contributed by atoms with Gasteiger partial charge >= 0.3 is 5.97 Å². The number of aromatic nitrogens is 1. The van der Waals surface area contributed by atoms with Gasteiger partial charge in [-0.05, 0) is 47.9 Å². The second-order valence-electron chi connectivity index (χ2n) is 8.11. The number of nitrogens with zero attached hydrogens (tertiary/aromatic N) is 2. The fourth-order valence-corrected chi connectivity index (χ4v) is 5.53. The molecule has 1 aromatic heterocycles. The highest BCUT2D eigenvalue weighted by molar-refractivity contribution is 7.87. The average molecular weight is 445 g/mol. The van der Waals surface area contributed by atoms with Gasteiger partial charge < -0.3 is 10.4 Å². The van der Waals surface area contributed by atoms with Gasteiger partial charge in [0.1, 0.15) is 5.82 Å². The van der Waals surface area contributed by atoms with Crippen molar-refractivity contribution in [3.8, 4) is 0 Å². The molecule has 0 aliphatic carbocycles. The number of hydrogen-bond acceptors (Lipinski definition) is 5. The number of rotatable bonds is 7. The number of carbonyl (C=O) groups is 1. The van der Waals surface area contributed by atoms with Crippen LogP contribution in [0.4, 0.5) is 5.82 Å². The summed E-state index contributed by atoms with van der Waals surface area (Å²) in [7, 11) is -3.70. The number of pyridine rings is 1. The quantitative estimate of drug-likeness (QED) is 0.604. The molecular formula is C22H28N4O4S. The molecule has 4 rings (SSSR count). The first-order valence-electron chi connectivity index (χ1n) is 10.7. The van der Waals surface area contributed by atoms with E-state index in [1.807, 2.05) is 30.3 Å². The molecule has 2 aliphatic heterocycles. The first-order valence-corrected chi connectivity index (χ1v) is 12.1. The van der Waals surface area contributed by atoms with Crippen LogP contribution >= 0.6 is 0 Å². The number of carboxylic acids is 1. The number of fused-ring (bicyclic) bond motifs is 2. The van der Waals surface area contributed by atoms with E-state index >= 15 is 0 Å². The molecule has 0 saturated carbocycles. The molecule has 3 N–H and O–H groups in total. The van der Waals surface area contributed by atoms with Gasteiger partial charge in [-0.25, -0.2) is 9.71 Å². The Balaban J connectivity index is 1.41. The Morgan fingerprint density at radius 1 is 1.23 bits per heavy atom. The van der Waals surface area contributed by atoms with Gasteiger partial charge in [0.2, 0.25) is 0 Å². The molecule has 0 saturated heterocycles. The van der Waals surface area contributed by atoms with E-state index in [9.17, 15) is 18.3 Å². The van der Waals surface area contributed by atoms with Gasteiger partial charge in [0, 0.05) is 38.3 Å². The molecular weight excluding hydrogens is 416 g/mol. The summed E-state index contributed by atoms with van der Waals surface area (Å²) in [5.74, 6) is -0.164. The van der Waals surface area contributed by atoms with Crippen LogP contribution in [0.2, 0.25) is 0 Å². The first-order chi connectivity index (χ1) is 14.9. The predicted octanol–water partition coefficient (Wildman–Crippen LogP) is 2.28. The minimum absolute atomic E-state index is 0.00361. The summed E-state index contributed by atoms with van der Waals surface area (Å²) in [5, 5.41) is 12.5. The van der Waals surface area contributed by atoms with Crippen molar-refractivity contribution in [2.24, 2.45) is 0 Å². The molecule has 1 aromatic carbocycles. The SMILES string of the molecule is O=C(O)CC1CCN(S(=O)(=O)NCCc2ccc3c(n2)NCCC3)Cc2ccccc21. The van der Waals surface area contributed by atoms with E-state index in [1.165, 1.54) is 9.87 Å². The Kier molecular flexibility index (Phi) is 6.54. The summed E-state index contributed by atoms with van der Waals surface area (Å²) in [5.41, 5.74) is 3.83. The van der Waals surface area contributed by atoms with Crippen LogP contribution < -0.4 is 10.0 Å². The monoisotopic (exact) mass is 444 g/mol. The maximum Gasteiger partial charge on any atom is 0.303 e. The van der Waals surface area contributed by atoms with E-state index in [-0.39, 0.29) is 32.0 Å². The molecule has 0 bridgehead atoms. The summed E-state index contributed by atoms with van der Waals surface area (Å²) in [6.07, 6.45) is 3.08. The van der Waals surface area contributed by atoms with Crippen molar-refractivity contribution in [2.45, 2.75) is 44.6 Å². The predicted molar refractivity (Wildman–Crippen MR) is 118 cm³/mol. The largest absolute Gasteiger partial charge is 0.481 e. The minimum atomic E-state index is -3.70. The van der Waals surface area contributed by atoms with E-state index in [0.717, 1.165) is 42.0 Å². The molecule has 1 unspecified atom stereocenters. The molecule has 0 radical (unpaired) electrons. The van der Waals surface area contributed by atoms with Gasteiger partial charge in [-0.2, -0.15) is 12.7 Å². The van der Waals surface area contributed by atoms with Crippen LogP contribution in [-0.2, 0) is 34.4 Å². The standard InChI is InChI=1S/C22H28N4O4S/c27-21(28)14-17-10-13-26(15-18-4-1-2-6-20(17)18)31(29,30)24-12-9-19-8-7-16-5-3-11-23-22(16)25-19/h1-2,4,6-8,17,24H,3,5,9-15H2,(H,23,25)(H,27,28). The molecule has 166 valence electrons. The third-order valence-electron chi connectivity index (χ3n) is 5.95. The van der Waals surface area contributed by atoms with Crippen LogP contribution in [0.25, 0.3) is 0 Å². The van der Waals surface area contributed by atoms with Crippen molar-refractivity contribution in [2.75, 3.05) is 25.0 Å². The highest BCUT2D eigenvalue weighted by Gasteiger charge is 2.29. The lowest BCUT2D eigenvalue weighted by atomic mass is 9.90. The number of nitrogens with one attached hydrogen (secondary N) is 2.